The first-order chi connectivity index (χ1) is 11.7. The largest absolute Gasteiger partial charge is 0.493 e. The van der Waals surface area contributed by atoms with E-state index >= 15 is 0 Å². The average molecular weight is 461 g/mol. The fraction of sp³-hybridized carbons (Fsp3) is 0.632. The smallest absolute Gasteiger partial charge is 0.191 e. The maximum atomic E-state index is 6.02. The van der Waals surface area contributed by atoms with Crippen LogP contribution in [-0.4, -0.2) is 39.4 Å². The predicted molar refractivity (Wildman–Crippen MR) is 114 cm³/mol. The summed E-state index contributed by atoms with van der Waals surface area (Å²) < 4.78 is 11.1. The van der Waals surface area contributed by atoms with Gasteiger partial charge in [-0.15, -0.1) is 24.0 Å². The Morgan fingerprint density at radius 3 is 2.76 bits per heavy atom. The van der Waals surface area contributed by atoms with E-state index in [1.54, 1.807) is 7.11 Å². The van der Waals surface area contributed by atoms with Gasteiger partial charge in [-0.2, -0.15) is 0 Å². The summed E-state index contributed by atoms with van der Waals surface area (Å²) in [5.41, 5.74) is 2.36. The summed E-state index contributed by atoms with van der Waals surface area (Å²) in [6.45, 7) is 8.05. The van der Waals surface area contributed by atoms with Gasteiger partial charge >= 0.3 is 0 Å². The number of benzene rings is 1. The standard InChI is InChI=1S/C19H31N3O2.HI/c1-4-20-19(21-10-5-11-23-3)22-13-17-9-6-15(2)12-18(17)24-14-16-7-8-16;/h6,9,12,16H,4-5,7-8,10-11,13-14H2,1-3H3,(H2,20,21,22);1H. The lowest BCUT2D eigenvalue weighted by atomic mass is 10.1. The lowest BCUT2D eigenvalue weighted by Crippen LogP contribution is -2.38. The average Bonchev–Trinajstić information content (AvgIpc) is 3.40. The van der Waals surface area contributed by atoms with E-state index in [2.05, 4.69) is 47.7 Å². The molecule has 0 atom stereocenters. The predicted octanol–water partition coefficient (Wildman–Crippen LogP) is 3.49. The van der Waals surface area contributed by atoms with Crippen LogP contribution >= 0.6 is 24.0 Å². The van der Waals surface area contributed by atoms with Crippen LogP contribution in [0.15, 0.2) is 23.2 Å². The number of methoxy groups -OCH3 is 1. The molecule has 5 nitrogen and oxygen atoms in total. The maximum Gasteiger partial charge on any atom is 0.191 e. The SMILES string of the molecule is CCNC(=NCc1ccc(C)cc1OCC1CC1)NCCCOC.I. The molecule has 0 aromatic heterocycles. The third kappa shape index (κ3) is 8.76. The molecule has 0 bridgehead atoms. The normalized spacial score (nSPS) is 14.0. The zero-order chi connectivity index (χ0) is 17.2. The second kappa shape index (κ2) is 12.4. The van der Waals surface area contributed by atoms with Gasteiger partial charge < -0.3 is 20.1 Å². The number of rotatable bonds is 10. The first-order valence-electron chi connectivity index (χ1n) is 8.96. The summed E-state index contributed by atoms with van der Waals surface area (Å²) in [4.78, 5) is 4.69. The first-order valence-corrected chi connectivity index (χ1v) is 8.96. The number of hydrogen-bond acceptors (Lipinski definition) is 3. The van der Waals surface area contributed by atoms with E-state index in [4.69, 9.17) is 9.47 Å². The van der Waals surface area contributed by atoms with Gasteiger partial charge in [0.2, 0.25) is 0 Å². The van der Waals surface area contributed by atoms with Crippen molar-refractivity contribution in [2.24, 2.45) is 10.9 Å². The van der Waals surface area contributed by atoms with Crippen LogP contribution in [0.3, 0.4) is 0 Å². The number of hydrogen-bond donors (Lipinski definition) is 2. The topological polar surface area (TPSA) is 54.9 Å². The Morgan fingerprint density at radius 1 is 1.28 bits per heavy atom. The fourth-order valence-electron chi connectivity index (χ4n) is 2.35. The van der Waals surface area contributed by atoms with Crippen LogP contribution in [0.1, 0.15) is 37.3 Å². The van der Waals surface area contributed by atoms with Crippen molar-refractivity contribution >= 4 is 29.9 Å². The van der Waals surface area contributed by atoms with Crippen LogP contribution in [0.2, 0.25) is 0 Å². The quantitative estimate of drug-likeness (QED) is 0.243. The van der Waals surface area contributed by atoms with Gasteiger partial charge in [0, 0.05) is 32.4 Å². The van der Waals surface area contributed by atoms with E-state index in [0.717, 1.165) is 55.9 Å². The molecular weight excluding hydrogens is 429 g/mol. The molecule has 6 heteroatoms. The Kier molecular flexibility index (Phi) is 10.9. The minimum Gasteiger partial charge on any atom is -0.493 e. The Hall–Kier alpha value is -1.02. The van der Waals surface area contributed by atoms with E-state index in [-0.39, 0.29) is 24.0 Å². The third-order valence-corrected chi connectivity index (χ3v) is 3.96. The van der Waals surface area contributed by atoms with Gasteiger partial charge in [0.15, 0.2) is 5.96 Å². The molecule has 0 aliphatic heterocycles. The molecule has 0 radical (unpaired) electrons. The van der Waals surface area contributed by atoms with Gasteiger partial charge in [0.1, 0.15) is 5.75 Å². The second-order valence-corrected chi connectivity index (χ2v) is 6.33. The Bertz CT molecular complexity index is 533. The molecule has 142 valence electrons. The Morgan fingerprint density at radius 2 is 2.08 bits per heavy atom. The number of nitrogens with zero attached hydrogens (tertiary/aromatic N) is 1. The van der Waals surface area contributed by atoms with Crippen LogP contribution in [-0.2, 0) is 11.3 Å². The van der Waals surface area contributed by atoms with Gasteiger partial charge in [-0.3, -0.25) is 0 Å². The zero-order valence-electron chi connectivity index (χ0n) is 15.6. The van der Waals surface area contributed by atoms with Crippen LogP contribution in [0.25, 0.3) is 0 Å². The van der Waals surface area contributed by atoms with Crippen molar-refractivity contribution in [1.82, 2.24) is 10.6 Å². The molecule has 25 heavy (non-hydrogen) atoms. The number of guanidine groups is 1. The molecule has 0 amide bonds. The summed E-state index contributed by atoms with van der Waals surface area (Å²) in [6.07, 6.45) is 3.56. The maximum absolute atomic E-state index is 6.02. The van der Waals surface area contributed by atoms with Gasteiger partial charge in [-0.25, -0.2) is 4.99 Å². The molecule has 2 N–H and O–H groups in total. The summed E-state index contributed by atoms with van der Waals surface area (Å²) in [5, 5.41) is 6.61. The summed E-state index contributed by atoms with van der Waals surface area (Å²) in [5.74, 6) is 2.56. The zero-order valence-corrected chi connectivity index (χ0v) is 18.0. The second-order valence-electron chi connectivity index (χ2n) is 6.33. The van der Waals surface area contributed by atoms with Crippen molar-refractivity contribution in [3.05, 3.63) is 29.3 Å². The lowest BCUT2D eigenvalue weighted by Gasteiger charge is -2.13. The number of halogens is 1. The third-order valence-electron chi connectivity index (χ3n) is 3.96. The molecule has 2 rings (SSSR count). The first kappa shape index (κ1) is 22.0. The van der Waals surface area contributed by atoms with E-state index in [1.807, 2.05) is 0 Å². The molecule has 1 aliphatic carbocycles. The van der Waals surface area contributed by atoms with Crippen molar-refractivity contribution < 1.29 is 9.47 Å². The Balaban J connectivity index is 0.00000312. The summed E-state index contributed by atoms with van der Waals surface area (Å²) in [6, 6.07) is 6.36. The van der Waals surface area contributed by atoms with Crippen molar-refractivity contribution in [3.63, 3.8) is 0 Å². The van der Waals surface area contributed by atoms with E-state index in [0.29, 0.717) is 6.54 Å². The van der Waals surface area contributed by atoms with Gasteiger partial charge in [0.05, 0.1) is 13.2 Å². The fourth-order valence-corrected chi connectivity index (χ4v) is 2.35. The number of aliphatic imine (C=N–C) groups is 1. The highest BCUT2D eigenvalue weighted by Gasteiger charge is 2.22. The Labute approximate surface area is 169 Å². The highest BCUT2D eigenvalue weighted by atomic mass is 127. The minimum absolute atomic E-state index is 0. The lowest BCUT2D eigenvalue weighted by molar-refractivity contribution is 0.195. The monoisotopic (exact) mass is 461 g/mol. The minimum atomic E-state index is 0. The number of nitrogens with one attached hydrogen (secondary N) is 2. The molecule has 0 saturated heterocycles. The highest BCUT2D eigenvalue weighted by Crippen LogP contribution is 2.30. The summed E-state index contributed by atoms with van der Waals surface area (Å²) in [7, 11) is 1.72. The van der Waals surface area contributed by atoms with Crippen LogP contribution in [0, 0.1) is 12.8 Å². The van der Waals surface area contributed by atoms with Crippen molar-refractivity contribution in [3.8, 4) is 5.75 Å². The number of aryl methyl sites for hydroxylation is 1. The van der Waals surface area contributed by atoms with Crippen LogP contribution in [0.4, 0.5) is 0 Å². The molecule has 0 spiro atoms. The molecule has 1 aromatic carbocycles. The molecular formula is C19H32IN3O2. The molecule has 1 aromatic rings. The highest BCUT2D eigenvalue weighted by molar-refractivity contribution is 14.0. The van der Waals surface area contributed by atoms with Crippen molar-refractivity contribution in [2.45, 2.75) is 39.7 Å². The van der Waals surface area contributed by atoms with Gasteiger partial charge in [-0.1, -0.05) is 12.1 Å². The molecule has 0 unspecified atom stereocenters. The van der Waals surface area contributed by atoms with Crippen molar-refractivity contribution in [2.75, 3.05) is 33.4 Å². The number of ether oxygens (including phenoxy) is 2. The molecule has 1 fully saturated rings. The van der Waals surface area contributed by atoms with Crippen LogP contribution < -0.4 is 15.4 Å². The molecule has 1 aliphatic rings. The molecule has 1 saturated carbocycles. The molecule has 0 heterocycles. The van der Waals surface area contributed by atoms with Crippen LogP contribution in [0.5, 0.6) is 5.75 Å². The van der Waals surface area contributed by atoms with Gasteiger partial charge in [-0.05, 0) is 50.7 Å². The summed E-state index contributed by atoms with van der Waals surface area (Å²) >= 11 is 0. The van der Waals surface area contributed by atoms with Crippen molar-refractivity contribution in [1.29, 1.82) is 0 Å². The van der Waals surface area contributed by atoms with E-state index < -0.39 is 0 Å². The van der Waals surface area contributed by atoms with E-state index in [9.17, 15) is 0 Å². The van der Waals surface area contributed by atoms with E-state index in [1.165, 1.54) is 18.4 Å². The van der Waals surface area contributed by atoms with Gasteiger partial charge in [0.25, 0.3) is 0 Å².